The van der Waals surface area contributed by atoms with E-state index in [2.05, 4.69) is 16.1 Å². The zero-order valence-electron chi connectivity index (χ0n) is 11.8. The van der Waals surface area contributed by atoms with Gasteiger partial charge in [0, 0.05) is 25.3 Å². The summed E-state index contributed by atoms with van der Waals surface area (Å²) in [6, 6.07) is 8.09. The summed E-state index contributed by atoms with van der Waals surface area (Å²) in [5, 5.41) is 14.1. The predicted molar refractivity (Wildman–Crippen MR) is 76.1 cm³/mol. The molecule has 0 aliphatic rings. The van der Waals surface area contributed by atoms with Crippen molar-refractivity contribution in [3.8, 4) is 11.4 Å². The maximum absolute atomic E-state index is 9.91. The number of rotatable bonds is 4. The minimum atomic E-state index is -0.818. The van der Waals surface area contributed by atoms with E-state index in [9.17, 15) is 5.11 Å². The second-order valence-electron chi connectivity index (χ2n) is 5.50. The molecule has 0 spiro atoms. The van der Waals surface area contributed by atoms with Crippen molar-refractivity contribution in [3.05, 3.63) is 30.6 Å². The van der Waals surface area contributed by atoms with Gasteiger partial charge in [-0.15, -0.1) is 0 Å². The van der Waals surface area contributed by atoms with Gasteiger partial charge in [-0.3, -0.25) is 0 Å². The lowest BCUT2D eigenvalue weighted by molar-refractivity contribution is 0.0582. The van der Waals surface area contributed by atoms with Crippen molar-refractivity contribution in [3.63, 3.8) is 0 Å². The zero-order valence-corrected chi connectivity index (χ0v) is 11.8. The monoisotopic (exact) mass is 260 g/mol. The van der Waals surface area contributed by atoms with Crippen molar-refractivity contribution in [1.82, 2.24) is 14.8 Å². The number of hydrogen-bond donors (Lipinski definition) is 1. The van der Waals surface area contributed by atoms with Gasteiger partial charge in [0.1, 0.15) is 6.33 Å². The van der Waals surface area contributed by atoms with Gasteiger partial charge >= 0.3 is 0 Å². The average Bonchev–Trinajstić information content (AvgIpc) is 2.75. The van der Waals surface area contributed by atoms with Crippen LogP contribution in [0.3, 0.4) is 0 Å². The van der Waals surface area contributed by atoms with E-state index >= 15 is 0 Å². The van der Waals surface area contributed by atoms with Crippen LogP contribution in [-0.4, -0.2) is 39.6 Å². The van der Waals surface area contributed by atoms with Gasteiger partial charge in [0.2, 0.25) is 0 Å². The Kier molecular flexibility index (Phi) is 3.57. The van der Waals surface area contributed by atoms with Crippen LogP contribution >= 0.6 is 0 Å². The molecule has 1 heterocycles. The van der Waals surface area contributed by atoms with Crippen LogP contribution in [0, 0.1) is 0 Å². The molecule has 0 saturated heterocycles. The summed E-state index contributed by atoms with van der Waals surface area (Å²) in [6.45, 7) is 3.93. The Balaban J connectivity index is 2.37. The highest BCUT2D eigenvalue weighted by Crippen LogP contribution is 2.22. The van der Waals surface area contributed by atoms with Crippen LogP contribution in [0.1, 0.15) is 13.8 Å². The highest BCUT2D eigenvalue weighted by molar-refractivity contribution is 5.62. The van der Waals surface area contributed by atoms with E-state index in [-0.39, 0.29) is 0 Å². The molecule has 0 radical (unpaired) electrons. The summed E-state index contributed by atoms with van der Waals surface area (Å²) in [5.74, 6) is 0.769. The van der Waals surface area contributed by atoms with E-state index in [0.29, 0.717) is 6.54 Å². The quantitative estimate of drug-likeness (QED) is 0.910. The topological polar surface area (TPSA) is 54.2 Å². The van der Waals surface area contributed by atoms with E-state index in [0.717, 1.165) is 17.1 Å². The molecule has 19 heavy (non-hydrogen) atoms. The molecule has 0 aliphatic carbocycles. The molecule has 1 N–H and O–H groups in total. The Morgan fingerprint density at radius 2 is 2.05 bits per heavy atom. The number of hydrogen-bond acceptors (Lipinski definition) is 4. The van der Waals surface area contributed by atoms with Crippen LogP contribution in [-0.2, 0) is 6.54 Å². The van der Waals surface area contributed by atoms with Crippen molar-refractivity contribution in [2.45, 2.75) is 26.0 Å². The molecule has 0 atom stereocenters. The number of anilines is 1. The van der Waals surface area contributed by atoms with Crippen molar-refractivity contribution < 1.29 is 5.11 Å². The van der Waals surface area contributed by atoms with Gasteiger partial charge in [0.05, 0.1) is 12.1 Å². The Morgan fingerprint density at radius 3 is 2.68 bits per heavy atom. The average molecular weight is 260 g/mol. The van der Waals surface area contributed by atoms with E-state index < -0.39 is 5.60 Å². The first kappa shape index (κ1) is 13.5. The SMILES string of the molecule is CN(C)c1cccc(-c2ncnn2CC(C)(C)O)c1. The molecule has 1 aromatic carbocycles. The molecular formula is C14H20N4O. The first-order valence-corrected chi connectivity index (χ1v) is 6.25. The maximum atomic E-state index is 9.91. The number of nitrogens with zero attached hydrogens (tertiary/aromatic N) is 4. The van der Waals surface area contributed by atoms with E-state index in [1.807, 2.05) is 37.2 Å². The summed E-state index contributed by atoms with van der Waals surface area (Å²) in [4.78, 5) is 6.34. The summed E-state index contributed by atoms with van der Waals surface area (Å²) >= 11 is 0. The lowest BCUT2D eigenvalue weighted by Crippen LogP contribution is -2.27. The molecule has 0 saturated carbocycles. The predicted octanol–water partition coefficient (Wildman–Crippen LogP) is 1.78. The van der Waals surface area contributed by atoms with Gasteiger partial charge in [-0.25, -0.2) is 9.67 Å². The van der Waals surface area contributed by atoms with E-state index in [1.54, 1.807) is 18.5 Å². The molecule has 5 heteroatoms. The second-order valence-corrected chi connectivity index (χ2v) is 5.50. The molecule has 0 fully saturated rings. The molecule has 0 unspecified atom stereocenters. The molecule has 2 aromatic rings. The summed E-state index contributed by atoms with van der Waals surface area (Å²) in [7, 11) is 4.00. The molecule has 5 nitrogen and oxygen atoms in total. The molecule has 0 amide bonds. The summed E-state index contributed by atoms with van der Waals surface area (Å²) in [5.41, 5.74) is 1.28. The van der Waals surface area contributed by atoms with Crippen LogP contribution < -0.4 is 4.90 Å². The molecule has 102 valence electrons. The Morgan fingerprint density at radius 1 is 1.32 bits per heavy atom. The van der Waals surface area contributed by atoms with Crippen LogP contribution in [0.5, 0.6) is 0 Å². The third-order valence-corrected chi connectivity index (χ3v) is 2.77. The Bertz CT molecular complexity index is 555. The van der Waals surface area contributed by atoms with Crippen LogP contribution in [0.2, 0.25) is 0 Å². The minimum Gasteiger partial charge on any atom is -0.389 e. The third kappa shape index (κ3) is 3.32. The fraction of sp³-hybridized carbons (Fsp3) is 0.429. The van der Waals surface area contributed by atoms with Crippen LogP contribution in [0.4, 0.5) is 5.69 Å². The zero-order chi connectivity index (χ0) is 14.0. The maximum Gasteiger partial charge on any atom is 0.158 e. The fourth-order valence-corrected chi connectivity index (χ4v) is 1.89. The number of aromatic nitrogens is 3. The highest BCUT2D eigenvalue weighted by atomic mass is 16.3. The molecule has 2 rings (SSSR count). The third-order valence-electron chi connectivity index (χ3n) is 2.77. The number of benzene rings is 1. The highest BCUT2D eigenvalue weighted by Gasteiger charge is 2.17. The van der Waals surface area contributed by atoms with Gasteiger partial charge in [-0.05, 0) is 26.0 Å². The van der Waals surface area contributed by atoms with Gasteiger partial charge < -0.3 is 10.0 Å². The first-order chi connectivity index (χ1) is 8.87. The molecule has 1 aromatic heterocycles. The van der Waals surface area contributed by atoms with Crippen molar-refractivity contribution in [2.75, 3.05) is 19.0 Å². The van der Waals surface area contributed by atoms with Crippen molar-refractivity contribution >= 4 is 5.69 Å². The van der Waals surface area contributed by atoms with Gasteiger partial charge in [0.15, 0.2) is 5.82 Å². The van der Waals surface area contributed by atoms with Gasteiger partial charge in [-0.2, -0.15) is 5.10 Å². The normalized spacial score (nSPS) is 11.6. The van der Waals surface area contributed by atoms with Crippen molar-refractivity contribution in [2.24, 2.45) is 0 Å². The van der Waals surface area contributed by atoms with E-state index in [1.165, 1.54) is 6.33 Å². The Hall–Kier alpha value is -1.88. The van der Waals surface area contributed by atoms with Crippen molar-refractivity contribution in [1.29, 1.82) is 0 Å². The smallest absolute Gasteiger partial charge is 0.158 e. The fourth-order valence-electron chi connectivity index (χ4n) is 1.89. The molecule has 0 aliphatic heterocycles. The van der Waals surface area contributed by atoms with Gasteiger partial charge in [0.25, 0.3) is 0 Å². The van der Waals surface area contributed by atoms with Crippen LogP contribution in [0.25, 0.3) is 11.4 Å². The molecular weight excluding hydrogens is 240 g/mol. The number of aliphatic hydroxyl groups is 1. The van der Waals surface area contributed by atoms with E-state index in [4.69, 9.17) is 0 Å². The van der Waals surface area contributed by atoms with Gasteiger partial charge in [-0.1, -0.05) is 12.1 Å². The first-order valence-electron chi connectivity index (χ1n) is 6.25. The lowest BCUT2D eigenvalue weighted by atomic mass is 10.1. The lowest BCUT2D eigenvalue weighted by Gasteiger charge is -2.18. The summed E-state index contributed by atoms with van der Waals surface area (Å²) in [6.07, 6.45) is 1.52. The molecule has 0 bridgehead atoms. The standard InChI is InChI=1S/C14H20N4O/c1-14(2,19)9-18-13(15-10-16-18)11-6-5-7-12(8-11)17(3)4/h5-8,10,19H,9H2,1-4H3. The largest absolute Gasteiger partial charge is 0.389 e. The van der Waals surface area contributed by atoms with Crippen LogP contribution in [0.15, 0.2) is 30.6 Å². The second kappa shape index (κ2) is 5.01. The summed E-state index contributed by atoms with van der Waals surface area (Å²) < 4.78 is 1.73. The Labute approximate surface area is 113 Å². The minimum absolute atomic E-state index is 0.411.